The van der Waals surface area contributed by atoms with E-state index < -0.39 is 0 Å². The SMILES string of the molecule is COc1ccc(CCC(C)NC(=O)c2cc(N)ccc2C)cc1. The number of carbonyl (C=O) groups excluding carboxylic acids is 1. The van der Waals surface area contributed by atoms with Crippen LogP contribution in [-0.2, 0) is 6.42 Å². The van der Waals surface area contributed by atoms with Gasteiger partial charge in [0.15, 0.2) is 0 Å². The Balaban J connectivity index is 1.89. The van der Waals surface area contributed by atoms with E-state index in [0.717, 1.165) is 24.2 Å². The molecule has 0 fully saturated rings. The lowest BCUT2D eigenvalue weighted by molar-refractivity contribution is 0.0938. The predicted molar refractivity (Wildman–Crippen MR) is 93.8 cm³/mol. The van der Waals surface area contributed by atoms with Crippen LogP contribution in [-0.4, -0.2) is 19.1 Å². The van der Waals surface area contributed by atoms with Crippen LogP contribution in [0.5, 0.6) is 5.75 Å². The Labute approximate surface area is 137 Å². The second-order valence-electron chi connectivity index (χ2n) is 5.84. The highest BCUT2D eigenvalue weighted by Gasteiger charge is 2.12. The molecule has 4 heteroatoms. The molecule has 0 heterocycles. The number of amides is 1. The highest BCUT2D eigenvalue weighted by atomic mass is 16.5. The average Bonchev–Trinajstić information content (AvgIpc) is 2.55. The normalized spacial score (nSPS) is 11.8. The first-order valence-corrected chi connectivity index (χ1v) is 7.79. The molecule has 0 aliphatic heterocycles. The van der Waals surface area contributed by atoms with Crippen molar-refractivity contribution in [1.29, 1.82) is 0 Å². The van der Waals surface area contributed by atoms with E-state index >= 15 is 0 Å². The van der Waals surface area contributed by atoms with Crippen molar-refractivity contribution in [3.05, 3.63) is 59.2 Å². The van der Waals surface area contributed by atoms with Gasteiger partial charge in [0.2, 0.25) is 0 Å². The summed E-state index contributed by atoms with van der Waals surface area (Å²) >= 11 is 0. The number of aryl methyl sites for hydroxylation is 2. The van der Waals surface area contributed by atoms with Crippen LogP contribution in [0.2, 0.25) is 0 Å². The van der Waals surface area contributed by atoms with Gasteiger partial charge in [-0.3, -0.25) is 4.79 Å². The maximum Gasteiger partial charge on any atom is 0.251 e. The maximum absolute atomic E-state index is 12.3. The third kappa shape index (κ3) is 4.74. The number of ether oxygens (including phenoxy) is 1. The molecule has 1 amide bonds. The van der Waals surface area contributed by atoms with Gasteiger partial charge in [0.1, 0.15) is 5.75 Å². The summed E-state index contributed by atoms with van der Waals surface area (Å²) in [5.74, 6) is 0.782. The number of hydrogen-bond acceptors (Lipinski definition) is 3. The standard InChI is InChI=1S/C19H24N2O2/c1-13-4-9-16(20)12-18(13)19(22)21-14(2)5-6-15-7-10-17(23-3)11-8-15/h4,7-12,14H,5-6,20H2,1-3H3,(H,21,22). The number of benzene rings is 2. The van der Waals surface area contributed by atoms with Crippen molar-refractivity contribution in [3.8, 4) is 5.75 Å². The largest absolute Gasteiger partial charge is 0.497 e. The minimum Gasteiger partial charge on any atom is -0.497 e. The highest BCUT2D eigenvalue weighted by molar-refractivity contribution is 5.96. The van der Waals surface area contributed by atoms with E-state index in [-0.39, 0.29) is 11.9 Å². The number of carbonyl (C=O) groups is 1. The molecular formula is C19H24N2O2. The molecule has 0 saturated carbocycles. The fourth-order valence-corrected chi connectivity index (χ4v) is 2.43. The molecule has 2 rings (SSSR count). The number of methoxy groups -OCH3 is 1. The molecule has 23 heavy (non-hydrogen) atoms. The van der Waals surface area contributed by atoms with Gasteiger partial charge in [-0.05, 0) is 62.1 Å². The van der Waals surface area contributed by atoms with E-state index in [9.17, 15) is 4.79 Å². The zero-order valence-corrected chi connectivity index (χ0v) is 13.9. The first-order chi connectivity index (χ1) is 11.0. The van der Waals surface area contributed by atoms with Crippen LogP contribution in [0.1, 0.15) is 34.8 Å². The minimum absolute atomic E-state index is 0.0722. The van der Waals surface area contributed by atoms with E-state index in [1.165, 1.54) is 5.56 Å². The number of nitrogens with two attached hydrogens (primary N) is 1. The molecule has 1 unspecified atom stereocenters. The highest BCUT2D eigenvalue weighted by Crippen LogP contribution is 2.15. The van der Waals surface area contributed by atoms with Crippen molar-refractivity contribution in [1.82, 2.24) is 5.32 Å². The molecule has 3 N–H and O–H groups in total. The Kier molecular flexibility index (Phi) is 5.63. The van der Waals surface area contributed by atoms with Gasteiger partial charge < -0.3 is 15.8 Å². The van der Waals surface area contributed by atoms with Gasteiger partial charge in [0, 0.05) is 17.3 Å². The maximum atomic E-state index is 12.3. The number of anilines is 1. The Morgan fingerprint density at radius 3 is 2.57 bits per heavy atom. The fraction of sp³-hybridized carbons (Fsp3) is 0.316. The first-order valence-electron chi connectivity index (χ1n) is 7.79. The Morgan fingerprint density at radius 1 is 1.22 bits per heavy atom. The molecule has 0 aliphatic rings. The number of nitrogens with one attached hydrogen (secondary N) is 1. The summed E-state index contributed by atoms with van der Waals surface area (Å²) in [5.41, 5.74) is 9.17. The second kappa shape index (κ2) is 7.68. The summed E-state index contributed by atoms with van der Waals surface area (Å²) < 4.78 is 5.15. The van der Waals surface area contributed by atoms with E-state index in [0.29, 0.717) is 11.3 Å². The summed E-state index contributed by atoms with van der Waals surface area (Å²) in [4.78, 5) is 12.3. The molecule has 0 radical (unpaired) electrons. The Bertz CT molecular complexity index is 666. The molecule has 0 saturated heterocycles. The molecule has 1 atom stereocenters. The third-order valence-corrected chi connectivity index (χ3v) is 3.91. The van der Waals surface area contributed by atoms with Crippen molar-refractivity contribution < 1.29 is 9.53 Å². The monoisotopic (exact) mass is 312 g/mol. The lowest BCUT2D eigenvalue weighted by Crippen LogP contribution is -2.33. The number of hydrogen-bond donors (Lipinski definition) is 2. The molecule has 2 aromatic rings. The molecule has 2 aromatic carbocycles. The smallest absolute Gasteiger partial charge is 0.251 e. The van der Waals surface area contributed by atoms with Gasteiger partial charge in [-0.25, -0.2) is 0 Å². The predicted octanol–water partition coefficient (Wildman–Crippen LogP) is 3.34. The van der Waals surface area contributed by atoms with Crippen LogP contribution in [0.4, 0.5) is 5.69 Å². The molecule has 0 spiro atoms. The van der Waals surface area contributed by atoms with E-state index in [2.05, 4.69) is 17.4 Å². The quantitative estimate of drug-likeness (QED) is 0.804. The molecule has 4 nitrogen and oxygen atoms in total. The van der Waals surface area contributed by atoms with Crippen LogP contribution >= 0.6 is 0 Å². The van der Waals surface area contributed by atoms with Gasteiger partial charge in [0.25, 0.3) is 5.91 Å². The minimum atomic E-state index is -0.0722. The van der Waals surface area contributed by atoms with Gasteiger partial charge in [0.05, 0.1) is 7.11 Å². The Hall–Kier alpha value is -2.49. The zero-order chi connectivity index (χ0) is 16.8. The van der Waals surface area contributed by atoms with Crippen LogP contribution in [0, 0.1) is 6.92 Å². The van der Waals surface area contributed by atoms with Gasteiger partial charge >= 0.3 is 0 Å². The van der Waals surface area contributed by atoms with Gasteiger partial charge in [-0.2, -0.15) is 0 Å². The Morgan fingerprint density at radius 2 is 1.91 bits per heavy atom. The molecule has 0 bridgehead atoms. The first kappa shape index (κ1) is 16.9. The van der Waals surface area contributed by atoms with Crippen LogP contribution in [0.15, 0.2) is 42.5 Å². The summed E-state index contributed by atoms with van der Waals surface area (Å²) in [6, 6.07) is 13.5. The molecule has 0 aromatic heterocycles. The van der Waals surface area contributed by atoms with Crippen molar-refractivity contribution in [3.63, 3.8) is 0 Å². The number of nitrogen functional groups attached to an aromatic ring is 1. The van der Waals surface area contributed by atoms with E-state index in [1.807, 2.05) is 32.0 Å². The summed E-state index contributed by atoms with van der Waals surface area (Å²) in [5, 5.41) is 3.04. The van der Waals surface area contributed by atoms with E-state index in [4.69, 9.17) is 10.5 Å². The zero-order valence-electron chi connectivity index (χ0n) is 13.9. The molecule has 0 aliphatic carbocycles. The lowest BCUT2D eigenvalue weighted by Gasteiger charge is -2.15. The topological polar surface area (TPSA) is 64.3 Å². The van der Waals surface area contributed by atoms with Crippen molar-refractivity contribution in [2.45, 2.75) is 32.7 Å². The molecular weight excluding hydrogens is 288 g/mol. The third-order valence-electron chi connectivity index (χ3n) is 3.91. The average molecular weight is 312 g/mol. The fourth-order valence-electron chi connectivity index (χ4n) is 2.43. The molecule has 122 valence electrons. The van der Waals surface area contributed by atoms with Crippen LogP contribution in [0.25, 0.3) is 0 Å². The van der Waals surface area contributed by atoms with Crippen molar-refractivity contribution in [2.24, 2.45) is 0 Å². The summed E-state index contributed by atoms with van der Waals surface area (Å²) in [6.07, 6.45) is 1.78. The lowest BCUT2D eigenvalue weighted by atomic mass is 10.0. The summed E-state index contributed by atoms with van der Waals surface area (Å²) in [7, 11) is 1.66. The van der Waals surface area contributed by atoms with Gasteiger partial charge in [-0.15, -0.1) is 0 Å². The van der Waals surface area contributed by atoms with Crippen molar-refractivity contribution >= 4 is 11.6 Å². The van der Waals surface area contributed by atoms with E-state index in [1.54, 1.807) is 19.2 Å². The summed E-state index contributed by atoms with van der Waals surface area (Å²) in [6.45, 7) is 3.93. The number of rotatable bonds is 6. The van der Waals surface area contributed by atoms with Crippen LogP contribution < -0.4 is 15.8 Å². The van der Waals surface area contributed by atoms with Crippen LogP contribution in [0.3, 0.4) is 0 Å². The second-order valence-corrected chi connectivity index (χ2v) is 5.84. The van der Waals surface area contributed by atoms with Crippen molar-refractivity contribution in [2.75, 3.05) is 12.8 Å². The van der Waals surface area contributed by atoms with Gasteiger partial charge in [-0.1, -0.05) is 18.2 Å².